The number of rotatable bonds is 4. The quantitative estimate of drug-likeness (QED) is 0.875. The van der Waals surface area contributed by atoms with Crippen LogP contribution in [0.2, 0.25) is 0 Å². The number of carbonyl (C=O) groups excluding carboxylic acids is 1. The van der Waals surface area contributed by atoms with Gasteiger partial charge in [-0.2, -0.15) is 0 Å². The van der Waals surface area contributed by atoms with Gasteiger partial charge in [-0.1, -0.05) is 0 Å². The fourth-order valence-corrected chi connectivity index (χ4v) is 2.47. The molecule has 2 N–H and O–H groups in total. The number of benzene rings is 1. The first kappa shape index (κ1) is 13.9. The van der Waals surface area contributed by atoms with Gasteiger partial charge in [0.2, 0.25) is 5.91 Å². The van der Waals surface area contributed by atoms with Gasteiger partial charge in [0, 0.05) is 12.1 Å². The maximum atomic E-state index is 12.0. The Hall–Kier alpha value is -1.55. The Morgan fingerprint density at radius 2 is 2.37 bits per heavy atom. The van der Waals surface area contributed by atoms with Crippen LogP contribution in [0.3, 0.4) is 0 Å². The summed E-state index contributed by atoms with van der Waals surface area (Å²) in [4.78, 5) is 12.0. The number of carbonyl (C=O) groups is 1. The molecule has 1 amide bonds. The summed E-state index contributed by atoms with van der Waals surface area (Å²) in [5.74, 6) is 1.38. The van der Waals surface area contributed by atoms with Crippen molar-refractivity contribution < 1.29 is 9.53 Å². The molecule has 1 aliphatic rings. The van der Waals surface area contributed by atoms with Crippen molar-refractivity contribution in [3.8, 4) is 5.75 Å². The number of anilines is 1. The van der Waals surface area contributed by atoms with Gasteiger partial charge in [-0.3, -0.25) is 4.79 Å². The van der Waals surface area contributed by atoms with Crippen molar-refractivity contribution in [3.63, 3.8) is 0 Å². The van der Waals surface area contributed by atoms with E-state index < -0.39 is 0 Å². The van der Waals surface area contributed by atoms with Crippen molar-refractivity contribution in [2.45, 2.75) is 26.2 Å². The zero-order valence-corrected chi connectivity index (χ0v) is 11.7. The summed E-state index contributed by atoms with van der Waals surface area (Å²) in [5, 5.41) is 6.32. The normalized spacial score (nSPS) is 18.9. The van der Waals surface area contributed by atoms with E-state index in [4.69, 9.17) is 4.74 Å². The molecule has 1 aliphatic heterocycles. The molecule has 0 bridgehead atoms. The van der Waals surface area contributed by atoms with Crippen LogP contribution in [0, 0.1) is 12.8 Å². The molecule has 4 nitrogen and oxygen atoms in total. The summed E-state index contributed by atoms with van der Waals surface area (Å²) in [6.07, 6.45) is 2.90. The van der Waals surface area contributed by atoms with E-state index in [1.165, 1.54) is 6.42 Å². The Labute approximate surface area is 114 Å². The molecule has 2 rings (SSSR count). The van der Waals surface area contributed by atoms with Crippen LogP contribution >= 0.6 is 0 Å². The highest BCUT2D eigenvalue weighted by Crippen LogP contribution is 2.22. The first-order valence-corrected chi connectivity index (χ1v) is 6.84. The van der Waals surface area contributed by atoms with E-state index in [-0.39, 0.29) is 5.91 Å². The minimum atomic E-state index is 0.0990. The smallest absolute Gasteiger partial charge is 0.224 e. The number of hydrogen-bond donors (Lipinski definition) is 2. The van der Waals surface area contributed by atoms with Crippen molar-refractivity contribution in [1.29, 1.82) is 0 Å². The average molecular weight is 262 g/mol. The Morgan fingerprint density at radius 3 is 3.00 bits per heavy atom. The molecule has 1 unspecified atom stereocenters. The Balaban J connectivity index is 1.91. The van der Waals surface area contributed by atoms with Crippen LogP contribution in [0.4, 0.5) is 5.69 Å². The third-order valence-electron chi connectivity index (χ3n) is 3.58. The highest BCUT2D eigenvalue weighted by atomic mass is 16.5. The first-order chi connectivity index (χ1) is 9.19. The van der Waals surface area contributed by atoms with Gasteiger partial charge in [0.1, 0.15) is 5.75 Å². The fourth-order valence-electron chi connectivity index (χ4n) is 2.47. The second kappa shape index (κ2) is 6.57. The summed E-state index contributed by atoms with van der Waals surface area (Å²) in [6.45, 7) is 4.00. The standard InChI is InChI=1S/C15H22N2O2/c1-11-8-13(19-2)5-6-14(11)17-15(18)9-12-4-3-7-16-10-12/h5-6,8,12,16H,3-4,7,9-10H2,1-2H3,(H,17,18). The Morgan fingerprint density at radius 1 is 1.53 bits per heavy atom. The molecule has 0 radical (unpaired) electrons. The molecule has 4 heteroatoms. The molecule has 1 atom stereocenters. The molecule has 19 heavy (non-hydrogen) atoms. The van der Waals surface area contributed by atoms with Crippen molar-refractivity contribution in [2.24, 2.45) is 5.92 Å². The number of hydrogen-bond acceptors (Lipinski definition) is 3. The minimum Gasteiger partial charge on any atom is -0.497 e. The van der Waals surface area contributed by atoms with E-state index in [0.717, 1.165) is 36.5 Å². The van der Waals surface area contributed by atoms with Gasteiger partial charge >= 0.3 is 0 Å². The monoisotopic (exact) mass is 262 g/mol. The second-order valence-electron chi connectivity index (χ2n) is 5.15. The number of ether oxygens (including phenoxy) is 1. The number of aryl methyl sites for hydroxylation is 1. The van der Waals surface area contributed by atoms with Crippen molar-refractivity contribution >= 4 is 11.6 Å². The predicted octanol–water partition coefficient (Wildman–Crippen LogP) is 2.33. The predicted molar refractivity (Wildman–Crippen MR) is 76.6 cm³/mol. The minimum absolute atomic E-state index is 0.0990. The van der Waals surface area contributed by atoms with E-state index >= 15 is 0 Å². The number of amides is 1. The van der Waals surface area contributed by atoms with Gasteiger partial charge in [0.25, 0.3) is 0 Å². The molecular weight excluding hydrogens is 240 g/mol. The molecule has 1 fully saturated rings. The van der Waals surface area contributed by atoms with Crippen molar-refractivity contribution in [3.05, 3.63) is 23.8 Å². The number of methoxy groups -OCH3 is 1. The molecule has 0 aliphatic carbocycles. The lowest BCUT2D eigenvalue weighted by Gasteiger charge is -2.22. The Kier molecular flexibility index (Phi) is 4.80. The molecule has 0 spiro atoms. The number of piperidine rings is 1. The Bertz CT molecular complexity index is 440. The van der Waals surface area contributed by atoms with E-state index in [2.05, 4.69) is 10.6 Å². The SMILES string of the molecule is COc1ccc(NC(=O)CC2CCCNC2)c(C)c1. The van der Waals surface area contributed by atoms with Crippen LogP contribution in [0.5, 0.6) is 5.75 Å². The van der Waals surface area contributed by atoms with E-state index in [1.54, 1.807) is 7.11 Å². The molecule has 1 heterocycles. The van der Waals surface area contributed by atoms with Crippen LogP contribution in [0.25, 0.3) is 0 Å². The van der Waals surface area contributed by atoms with Gasteiger partial charge in [-0.25, -0.2) is 0 Å². The summed E-state index contributed by atoms with van der Waals surface area (Å²) >= 11 is 0. The molecule has 1 aromatic rings. The number of nitrogens with one attached hydrogen (secondary N) is 2. The van der Waals surface area contributed by atoms with E-state index in [1.807, 2.05) is 25.1 Å². The molecular formula is C15H22N2O2. The highest BCUT2D eigenvalue weighted by Gasteiger charge is 2.17. The third kappa shape index (κ3) is 3.96. The lowest BCUT2D eigenvalue weighted by atomic mass is 9.96. The van der Waals surface area contributed by atoms with Crippen LogP contribution in [-0.4, -0.2) is 26.1 Å². The first-order valence-electron chi connectivity index (χ1n) is 6.84. The summed E-state index contributed by atoms with van der Waals surface area (Å²) in [6, 6.07) is 5.69. The molecule has 0 saturated carbocycles. The van der Waals surface area contributed by atoms with E-state index in [9.17, 15) is 4.79 Å². The van der Waals surface area contributed by atoms with E-state index in [0.29, 0.717) is 12.3 Å². The van der Waals surface area contributed by atoms with Gasteiger partial charge in [0.05, 0.1) is 7.11 Å². The zero-order valence-electron chi connectivity index (χ0n) is 11.7. The van der Waals surface area contributed by atoms with Crippen LogP contribution in [0.15, 0.2) is 18.2 Å². The maximum Gasteiger partial charge on any atom is 0.224 e. The molecule has 1 aromatic carbocycles. The highest BCUT2D eigenvalue weighted by molar-refractivity contribution is 5.91. The van der Waals surface area contributed by atoms with Gasteiger partial charge in [-0.15, -0.1) is 0 Å². The van der Waals surface area contributed by atoms with Crippen molar-refractivity contribution in [2.75, 3.05) is 25.5 Å². The topological polar surface area (TPSA) is 50.4 Å². The summed E-state index contributed by atoms with van der Waals surface area (Å²) in [5.41, 5.74) is 1.89. The van der Waals surface area contributed by atoms with Crippen LogP contribution < -0.4 is 15.4 Å². The third-order valence-corrected chi connectivity index (χ3v) is 3.58. The van der Waals surface area contributed by atoms with Gasteiger partial charge < -0.3 is 15.4 Å². The van der Waals surface area contributed by atoms with Crippen LogP contribution in [-0.2, 0) is 4.79 Å². The summed E-state index contributed by atoms with van der Waals surface area (Å²) in [7, 11) is 1.64. The summed E-state index contributed by atoms with van der Waals surface area (Å²) < 4.78 is 5.16. The molecule has 1 saturated heterocycles. The largest absolute Gasteiger partial charge is 0.497 e. The molecule has 0 aromatic heterocycles. The lowest BCUT2D eigenvalue weighted by Crippen LogP contribution is -2.32. The lowest BCUT2D eigenvalue weighted by molar-refractivity contribution is -0.117. The fraction of sp³-hybridized carbons (Fsp3) is 0.533. The zero-order chi connectivity index (χ0) is 13.7. The second-order valence-corrected chi connectivity index (χ2v) is 5.15. The van der Waals surface area contributed by atoms with Crippen molar-refractivity contribution in [1.82, 2.24) is 5.32 Å². The van der Waals surface area contributed by atoms with Gasteiger partial charge in [-0.05, 0) is 62.5 Å². The van der Waals surface area contributed by atoms with Crippen LogP contribution in [0.1, 0.15) is 24.8 Å². The van der Waals surface area contributed by atoms with Gasteiger partial charge in [0.15, 0.2) is 0 Å². The molecule has 104 valence electrons. The maximum absolute atomic E-state index is 12.0. The average Bonchev–Trinajstić information content (AvgIpc) is 2.42.